The Bertz CT molecular complexity index is 510. The van der Waals surface area contributed by atoms with Gasteiger partial charge in [0.1, 0.15) is 0 Å². The molecule has 0 aliphatic carbocycles. The fraction of sp³-hybridized carbons (Fsp3) is 0.632. The molecule has 0 spiro atoms. The van der Waals surface area contributed by atoms with Gasteiger partial charge >= 0.3 is 0 Å². The van der Waals surface area contributed by atoms with Crippen molar-refractivity contribution in [1.82, 2.24) is 15.5 Å². The van der Waals surface area contributed by atoms with Crippen LogP contribution in [0.15, 0.2) is 29.3 Å². The van der Waals surface area contributed by atoms with Gasteiger partial charge in [-0.25, -0.2) is 0 Å². The van der Waals surface area contributed by atoms with E-state index in [-0.39, 0.29) is 0 Å². The van der Waals surface area contributed by atoms with Gasteiger partial charge in [0.2, 0.25) is 0 Å². The summed E-state index contributed by atoms with van der Waals surface area (Å²) in [6.45, 7) is 8.17. The van der Waals surface area contributed by atoms with Gasteiger partial charge in [0.15, 0.2) is 5.96 Å². The number of methoxy groups -OCH3 is 1. The zero-order valence-electron chi connectivity index (χ0n) is 15.3. The van der Waals surface area contributed by atoms with Crippen LogP contribution >= 0.6 is 0 Å². The van der Waals surface area contributed by atoms with E-state index in [2.05, 4.69) is 51.7 Å². The lowest BCUT2D eigenvalue weighted by Gasteiger charge is -2.32. The van der Waals surface area contributed by atoms with E-state index in [9.17, 15) is 0 Å². The summed E-state index contributed by atoms with van der Waals surface area (Å²) in [6.07, 6.45) is 2.48. The summed E-state index contributed by atoms with van der Waals surface area (Å²) < 4.78 is 5.16. The lowest BCUT2D eigenvalue weighted by atomic mass is 9.97. The topological polar surface area (TPSA) is 48.9 Å². The number of rotatable bonds is 7. The highest BCUT2D eigenvalue weighted by Gasteiger charge is 2.18. The monoisotopic (exact) mass is 332 g/mol. The quantitative estimate of drug-likeness (QED) is 0.592. The number of piperidine rings is 1. The second-order valence-electron chi connectivity index (χ2n) is 6.51. The Labute approximate surface area is 146 Å². The van der Waals surface area contributed by atoms with Gasteiger partial charge in [0.25, 0.3) is 0 Å². The number of aliphatic imine (C=N–C) groups is 1. The van der Waals surface area contributed by atoms with Crippen molar-refractivity contribution in [2.24, 2.45) is 10.9 Å². The number of nitrogens with zero attached hydrogens (tertiary/aromatic N) is 2. The number of ether oxygens (including phenoxy) is 1. The Balaban J connectivity index is 1.68. The molecule has 1 fully saturated rings. The summed E-state index contributed by atoms with van der Waals surface area (Å²) in [4.78, 5) is 6.83. The molecule has 1 aromatic carbocycles. The van der Waals surface area contributed by atoms with Gasteiger partial charge < -0.3 is 20.3 Å². The van der Waals surface area contributed by atoms with Gasteiger partial charge in [-0.1, -0.05) is 24.3 Å². The number of guanidine groups is 1. The molecule has 5 nitrogen and oxygen atoms in total. The van der Waals surface area contributed by atoms with Crippen LogP contribution in [-0.4, -0.2) is 57.8 Å². The van der Waals surface area contributed by atoms with Gasteiger partial charge in [0.05, 0.1) is 6.61 Å². The van der Waals surface area contributed by atoms with Crippen LogP contribution in [0.25, 0.3) is 0 Å². The minimum Gasteiger partial charge on any atom is -0.383 e. The Morgan fingerprint density at radius 1 is 1.25 bits per heavy atom. The van der Waals surface area contributed by atoms with Crippen molar-refractivity contribution in [3.8, 4) is 0 Å². The maximum absolute atomic E-state index is 5.16. The third kappa shape index (κ3) is 6.13. The van der Waals surface area contributed by atoms with E-state index >= 15 is 0 Å². The van der Waals surface area contributed by atoms with Crippen LogP contribution in [-0.2, 0) is 11.3 Å². The molecular formula is C19H32N4O. The first-order chi connectivity index (χ1) is 11.7. The fourth-order valence-corrected chi connectivity index (χ4v) is 3.08. The van der Waals surface area contributed by atoms with Gasteiger partial charge in [-0.15, -0.1) is 0 Å². The summed E-state index contributed by atoms with van der Waals surface area (Å²) in [5, 5.41) is 6.90. The van der Waals surface area contributed by atoms with Crippen molar-refractivity contribution in [2.45, 2.75) is 26.3 Å². The van der Waals surface area contributed by atoms with E-state index in [0.29, 0.717) is 0 Å². The average molecular weight is 332 g/mol. The Kier molecular flexibility index (Phi) is 8.05. The summed E-state index contributed by atoms with van der Waals surface area (Å²) in [6, 6.07) is 8.46. The fourth-order valence-electron chi connectivity index (χ4n) is 3.08. The maximum atomic E-state index is 5.16. The van der Waals surface area contributed by atoms with Gasteiger partial charge in [0, 0.05) is 33.8 Å². The molecule has 24 heavy (non-hydrogen) atoms. The summed E-state index contributed by atoms with van der Waals surface area (Å²) in [7, 11) is 3.60. The first-order valence-corrected chi connectivity index (χ1v) is 8.93. The number of hydrogen-bond donors (Lipinski definition) is 2. The molecule has 0 bridgehead atoms. The van der Waals surface area contributed by atoms with E-state index in [4.69, 9.17) is 4.74 Å². The second-order valence-corrected chi connectivity index (χ2v) is 6.51. The van der Waals surface area contributed by atoms with Gasteiger partial charge in [-0.3, -0.25) is 4.99 Å². The van der Waals surface area contributed by atoms with Crippen LogP contribution in [0.2, 0.25) is 0 Å². The van der Waals surface area contributed by atoms with Crippen molar-refractivity contribution >= 4 is 5.96 Å². The number of nitrogens with one attached hydrogen (secondary N) is 2. The van der Waals surface area contributed by atoms with Crippen molar-refractivity contribution in [2.75, 3.05) is 46.9 Å². The second kappa shape index (κ2) is 10.3. The van der Waals surface area contributed by atoms with Crippen LogP contribution < -0.4 is 10.6 Å². The minimum atomic E-state index is 0.723. The molecule has 1 aliphatic heterocycles. The standard InChI is InChI=1S/C19H32N4O/c1-16-6-4-5-7-18(16)15-22-19(20-2)21-14-17-8-10-23(11-9-17)12-13-24-3/h4-7,17H,8-15H2,1-3H3,(H2,20,21,22). The van der Waals surface area contributed by atoms with E-state index in [1.54, 1.807) is 7.11 Å². The molecule has 5 heteroatoms. The molecule has 1 aliphatic rings. The average Bonchev–Trinajstić information content (AvgIpc) is 2.62. The zero-order valence-corrected chi connectivity index (χ0v) is 15.3. The molecule has 1 saturated heterocycles. The van der Waals surface area contributed by atoms with Gasteiger partial charge in [-0.05, 0) is 49.9 Å². The van der Waals surface area contributed by atoms with E-state index < -0.39 is 0 Å². The molecule has 0 atom stereocenters. The molecule has 2 N–H and O–H groups in total. The van der Waals surface area contributed by atoms with Crippen LogP contribution in [0.3, 0.4) is 0 Å². The highest BCUT2D eigenvalue weighted by Crippen LogP contribution is 2.16. The first-order valence-electron chi connectivity index (χ1n) is 8.93. The number of hydrogen-bond acceptors (Lipinski definition) is 3. The molecule has 0 unspecified atom stereocenters. The predicted molar refractivity (Wildman–Crippen MR) is 100 cm³/mol. The maximum Gasteiger partial charge on any atom is 0.191 e. The van der Waals surface area contributed by atoms with E-state index in [0.717, 1.165) is 38.1 Å². The molecule has 2 rings (SSSR count). The van der Waals surface area contributed by atoms with Crippen LogP contribution in [0.4, 0.5) is 0 Å². The summed E-state index contributed by atoms with van der Waals surface area (Å²) in [5.74, 6) is 1.61. The Morgan fingerprint density at radius 3 is 2.67 bits per heavy atom. The SMILES string of the molecule is CN=C(NCc1ccccc1C)NCC1CCN(CCOC)CC1. The number of benzene rings is 1. The molecule has 0 saturated carbocycles. The lowest BCUT2D eigenvalue weighted by Crippen LogP contribution is -2.43. The lowest BCUT2D eigenvalue weighted by molar-refractivity contribution is 0.121. The van der Waals surface area contributed by atoms with Crippen molar-refractivity contribution in [3.05, 3.63) is 35.4 Å². The summed E-state index contributed by atoms with van der Waals surface area (Å²) >= 11 is 0. The minimum absolute atomic E-state index is 0.723. The normalized spacial score (nSPS) is 17.0. The Hall–Kier alpha value is -1.59. The van der Waals surface area contributed by atoms with Gasteiger partial charge in [-0.2, -0.15) is 0 Å². The third-order valence-electron chi connectivity index (χ3n) is 4.81. The smallest absolute Gasteiger partial charge is 0.191 e. The molecule has 0 radical (unpaired) electrons. The Morgan fingerprint density at radius 2 is 2.00 bits per heavy atom. The molecular weight excluding hydrogens is 300 g/mol. The van der Waals surface area contributed by atoms with Crippen molar-refractivity contribution < 1.29 is 4.74 Å². The predicted octanol–water partition coefficient (Wildman–Crippen LogP) is 2.02. The van der Waals surface area contributed by atoms with Crippen LogP contribution in [0.1, 0.15) is 24.0 Å². The van der Waals surface area contributed by atoms with Crippen molar-refractivity contribution in [1.29, 1.82) is 0 Å². The van der Waals surface area contributed by atoms with Crippen molar-refractivity contribution in [3.63, 3.8) is 0 Å². The molecule has 1 aromatic rings. The highest BCUT2D eigenvalue weighted by atomic mass is 16.5. The van der Waals surface area contributed by atoms with Crippen LogP contribution in [0, 0.1) is 12.8 Å². The molecule has 134 valence electrons. The molecule has 1 heterocycles. The zero-order chi connectivity index (χ0) is 17.2. The molecule has 0 aromatic heterocycles. The third-order valence-corrected chi connectivity index (χ3v) is 4.81. The van der Waals surface area contributed by atoms with E-state index in [1.807, 2.05) is 7.05 Å². The molecule has 0 amide bonds. The van der Waals surface area contributed by atoms with E-state index in [1.165, 1.54) is 37.1 Å². The highest BCUT2D eigenvalue weighted by molar-refractivity contribution is 5.79. The first kappa shape index (κ1) is 18.7. The number of aryl methyl sites for hydroxylation is 1. The summed E-state index contributed by atoms with van der Waals surface area (Å²) in [5.41, 5.74) is 2.62. The number of likely N-dealkylation sites (tertiary alicyclic amines) is 1. The van der Waals surface area contributed by atoms with Crippen LogP contribution in [0.5, 0.6) is 0 Å². The largest absolute Gasteiger partial charge is 0.383 e.